The first-order valence-electron chi connectivity index (χ1n) is 5.94. The van der Waals surface area contributed by atoms with Gasteiger partial charge in [0.2, 0.25) is 0 Å². The average Bonchev–Trinajstić information content (AvgIpc) is 2.14. The van der Waals surface area contributed by atoms with Crippen LogP contribution >= 0.6 is 0 Å². The first-order valence-corrected chi connectivity index (χ1v) is 7.89. The van der Waals surface area contributed by atoms with Crippen molar-refractivity contribution in [1.82, 2.24) is 0 Å². The molecule has 5 heteroatoms. The highest BCUT2D eigenvalue weighted by Crippen LogP contribution is 2.20. The highest BCUT2D eigenvalue weighted by molar-refractivity contribution is 7.91. The number of hydrogen-bond acceptors (Lipinski definition) is 4. The molecule has 2 atom stereocenters. The molecule has 0 saturated heterocycles. The molecular weight excluding hydrogens is 252 g/mol. The van der Waals surface area contributed by atoms with Crippen molar-refractivity contribution in [2.24, 2.45) is 5.41 Å². The van der Waals surface area contributed by atoms with Gasteiger partial charge in [-0.05, 0) is 19.4 Å². The van der Waals surface area contributed by atoms with Gasteiger partial charge in [0.25, 0.3) is 0 Å². The molecule has 0 rings (SSSR count). The van der Waals surface area contributed by atoms with Crippen LogP contribution in [0.5, 0.6) is 0 Å². The predicted octanol–water partition coefficient (Wildman–Crippen LogP) is 1.73. The van der Waals surface area contributed by atoms with Crippen molar-refractivity contribution >= 4 is 15.6 Å². The van der Waals surface area contributed by atoms with Gasteiger partial charge in [-0.15, -0.1) is 0 Å². The molecule has 0 aliphatic rings. The molecule has 0 bridgehead atoms. The second kappa shape index (κ2) is 5.97. The third kappa shape index (κ3) is 5.78. The number of rotatable bonds is 5. The molecule has 0 aromatic carbocycles. The highest BCUT2D eigenvalue weighted by atomic mass is 32.2. The number of sulfone groups is 1. The van der Waals surface area contributed by atoms with E-state index in [-0.39, 0.29) is 12.2 Å². The van der Waals surface area contributed by atoms with Crippen molar-refractivity contribution in [2.75, 3.05) is 6.26 Å². The van der Waals surface area contributed by atoms with Crippen molar-refractivity contribution in [3.8, 4) is 0 Å². The van der Waals surface area contributed by atoms with Crippen molar-refractivity contribution in [1.29, 1.82) is 0 Å². The Bertz CT molecular complexity index is 426. The quantitative estimate of drug-likeness (QED) is 0.776. The van der Waals surface area contributed by atoms with Gasteiger partial charge >= 0.3 is 0 Å². The van der Waals surface area contributed by atoms with Crippen LogP contribution in [0.4, 0.5) is 0 Å². The zero-order chi connectivity index (χ0) is 14.7. The molecule has 0 radical (unpaired) electrons. The third-order valence-electron chi connectivity index (χ3n) is 2.91. The van der Waals surface area contributed by atoms with E-state index >= 15 is 0 Å². The van der Waals surface area contributed by atoms with Gasteiger partial charge in [-0.3, -0.25) is 4.79 Å². The maximum absolute atomic E-state index is 11.8. The van der Waals surface area contributed by atoms with E-state index in [1.165, 1.54) is 6.08 Å². The molecule has 0 amide bonds. The summed E-state index contributed by atoms with van der Waals surface area (Å²) >= 11 is 0. The van der Waals surface area contributed by atoms with Crippen LogP contribution in [0.25, 0.3) is 0 Å². The monoisotopic (exact) mass is 276 g/mol. The van der Waals surface area contributed by atoms with Crippen LogP contribution < -0.4 is 0 Å². The summed E-state index contributed by atoms with van der Waals surface area (Å²) in [5, 5.41) is 9.23. The maximum Gasteiger partial charge on any atom is 0.153 e. The van der Waals surface area contributed by atoms with E-state index in [9.17, 15) is 18.3 Å². The van der Waals surface area contributed by atoms with Gasteiger partial charge in [0.15, 0.2) is 9.84 Å². The van der Waals surface area contributed by atoms with E-state index in [0.717, 1.165) is 6.26 Å². The molecule has 0 heterocycles. The Morgan fingerprint density at radius 1 is 1.33 bits per heavy atom. The zero-order valence-corrected chi connectivity index (χ0v) is 12.8. The van der Waals surface area contributed by atoms with E-state index in [4.69, 9.17) is 0 Å². The largest absolute Gasteiger partial charge is 0.388 e. The number of hydrogen-bond donors (Lipinski definition) is 1. The van der Waals surface area contributed by atoms with E-state index in [1.54, 1.807) is 34.6 Å². The first kappa shape index (κ1) is 17.3. The molecule has 0 aromatic heterocycles. The van der Waals surface area contributed by atoms with Gasteiger partial charge in [-0.25, -0.2) is 8.42 Å². The van der Waals surface area contributed by atoms with Crippen LogP contribution in [-0.2, 0) is 14.6 Å². The van der Waals surface area contributed by atoms with Gasteiger partial charge in [-0.2, -0.15) is 0 Å². The first-order chi connectivity index (χ1) is 7.85. The Hall–Kier alpha value is -0.680. The number of aliphatic hydroxyl groups is 1. The van der Waals surface area contributed by atoms with Crippen molar-refractivity contribution in [3.05, 3.63) is 11.6 Å². The van der Waals surface area contributed by atoms with Crippen LogP contribution in [0.2, 0.25) is 0 Å². The third-order valence-corrected chi connectivity index (χ3v) is 4.40. The molecule has 106 valence electrons. The molecule has 0 unspecified atom stereocenters. The van der Waals surface area contributed by atoms with Gasteiger partial charge < -0.3 is 5.11 Å². The number of aliphatic hydroxyl groups excluding tert-OH is 1. The average molecular weight is 276 g/mol. The second-order valence-corrected chi connectivity index (χ2v) is 8.24. The molecule has 0 aliphatic carbocycles. The maximum atomic E-state index is 11.8. The van der Waals surface area contributed by atoms with Crippen LogP contribution in [0.1, 0.15) is 41.0 Å². The van der Waals surface area contributed by atoms with Crippen LogP contribution in [-0.4, -0.2) is 36.9 Å². The molecule has 0 spiro atoms. The van der Waals surface area contributed by atoms with Gasteiger partial charge in [0.1, 0.15) is 5.78 Å². The number of Topliss-reactive ketones (excluding diaryl/α,β-unsaturated/α-hetero) is 1. The lowest BCUT2D eigenvalue weighted by molar-refractivity contribution is -0.127. The summed E-state index contributed by atoms with van der Waals surface area (Å²) < 4.78 is 22.6. The highest BCUT2D eigenvalue weighted by Gasteiger charge is 2.24. The molecule has 0 aliphatic heterocycles. The summed E-state index contributed by atoms with van der Waals surface area (Å²) in [5.41, 5.74) is 0.0227. The van der Waals surface area contributed by atoms with E-state index in [1.807, 2.05) is 0 Å². The van der Waals surface area contributed by atoms with E-state index < -0.39 is 26.6 Å². The Morgan fingerprint density at radius 3 is 2.11 bits per heavy atom. The lowest BCUT2D eigenvalue weighted by atomic mass is 9.86. The molecule has 0 fully saturated rings. The SMILES string of the molecule is C/C(=C/[C@@H](C)S(C)(=O)=O)[C@H](O)CC(=O)C(C)(C)C. The summed E-state index contributed by atoms with van der Waals surface area (Å²) in [4.78, 5) is 11.8. The van der Waals surface area contributed by atoms with Crippen molar-refractivity contribution < 1.29 is 18.3 Å². The molecule has 18 heavy (non-hydrogen) atoms. The number of carbonyl (C=O) groups excluding carboxylic acids is 1. The second-order valence-electron chi connectivity index (χ2n) is 5.84. The number of ketones is 1. The van der Waals surface area contributed by atoms with Gasteiger partial charge in [0, 0.05) is 18.1 Å². The Balaban J connectivity index is 4.77. The zero-order valence-electron chi connectivity index (χ0n) is 12.0. The fraction of sp³-hybridized carbons (Fsp3) is 0.769. The molecule has 4 nitrogen and oxygen atoms in total. The van der Waals surface area contributed by atoms with E-state index in [2.05, 4.69) is 0 Å². The summed E-state index contributed by atoms with van der Waals surface area (Å²) in [7, 11) is -3.16. The van der Waals surface area contributed by atoms with Crippen LogP contribution in [0.15, 0.2) is 11.6 Å². The standard InChI is InChI=1S/C13H24O4S/c1-9(7-10(2)18(6,16)17)11(14)8-12(15)13(3,4)5/h7,10-11,14H,8H2,1-6H3/b9-7-/t10-,11-/m1/s1. The van der Waals surface area contributed by atoms with Crippen molar-refractivity contribution in [3.63, 3.8) is 0 Å². The summed E-state index contributed by atoms with van der Waals surface area (Å²) in [6, 6.07) is 0. The van der Waals surface area contributed by atoms with Crippen LogP contribution in [0, 0.1) is 5.41 Å². The molecular formula is C13H24O4S. The van der Waals surface area contributed by atoms with Crippen LogP contribution in [0.3, 0.4) is 0 Å². The minimum Gasteiger partial charge on any atom is -0.388 e. The predicted molar refractivity (Wildman–Crippen MR) is 73.1 cm³/mol. The van der Waals surface area contributed by atoms with Gasteiger partial charge in [-0.1, -0.05) is 26.8 Å². The lowest BCUT2D eigenvalue weighted by Gasteiger charge is -2.20. The molecule has 1 N–H and O–H groups in total. The van der Waals surface area contributed by atoms with Crippen molar-refractivity contribution in [2.45, 2.75) is 52.4 Å². The Kier molecular flexibility index (Phi) is 5.75. The van der Waals surface area contributed by atoms with E-state index in [0.29, 0.717) is 5.57 Å². The minimum atomic E-state index is -3.16. The normalized spacial score (nSPS) is 17.4. The minimum absolute atomic E-state index is 0.0162. The summed E-state index contributed by atoms with van der Waals surface area (Å²) in [6.45, 7) is 8.57. The fourth-order valence-electron chi connectivity index (χ4n) is 1.25. The fourth-order valence-corrected chi connectivity index (χ4v) is 1.71. The number of carbonyl (C=O) groups is 1. The molecule has 0 saturated carbocycles. The Morgan fingerprint density at radius 2 is 1.78 bits per heavy atom. The smallest absolute Gasteiger partial charge is 0.153 e. The Labute approximate surface area is 110 Å². The summed E-state index contributed by atoms with van der Waals surface area (Å²) in [6.07, 6.45) is 1.74. The molecule has 0 aromatic rings. The topological polar surface area (TPSA) is 71.4 Å². The van der Waals surface area contributed by atoms with Gasteiger partial charge in [0.05, 0.1) is 11.4 Å². The summed E-state index contributed by atoms with van der Waals surface area (Å²) in [5.74, 6) is -0.0465. The lowest BCUT2D eigenvalue weighted by Crippen LogP contribution is -2.26.